The largest absolute Gasteiger partial charge is 0.491 e. The van der Waals surface area contributed by atoms with Crippen molar-refractivity contribution in [3.63, 3.8) is 0 Å². The Hall–Kier alpha value is -2.97. The van der Waals surface area contributed by atoms with Gasteiger partial charge < -0.3 is 19.7 Å². The first-order valence-electron chi connectivity index (χ1n) is 10.4. The number of hydrogen-bond donors (Lipinski definition) is 2. The highest BCUT2D eigenvalue weighted by atomic mass is 32.1. The van der Waals surface area contributed by atoms with Gasteiger partial charge in [0.25, 0.3) is 11.8 Å². The lowest BCUT2D eigenvalue weighted by Crippen LogP contribution is -2.35. The average Bonchev–Trinajstić information content (AvgIpc) is 3.32. The molecule has 2 N–H and O–H groups in total. The molecule has 0 atom stereocenters. The van der Waals surface area contributed by atoms with Gasteiger partial charge in [-0.15, -0.1) is 0 Å². The zero-order valence-corrected chi connectivity index (χ0v) is 18.4. The van der Waals surface area contributed by atoms with Crippen LogP contribution in [0.4, 0.5) is 5.69 Å². The predicted molar refractivity (Wildman–Crippen MR) is 124 cm³/mol. The Labute approximate surface area is 187 Å². The van der Waals surface area contributed by atoms with Gasteiger partial charge >= 0.3 is 0 Å². The molecule has 3 rings (SSSR count). The van der Waals surface area contributed by atoms with E-state index in [0.29, 0.717) is 42.4 Å². The molecular formula is C23H27N3O4S. The molecule has 2 aromatic carbocycles. The van der Waals surface area contributed by atoms with E-state index in [0.717, 1.165) is 25.9 Å². The molecule has 164 valence electrons. The van der Waals surface area contributed by atoms with Gasteiger partial charge in [0, 0.05) is 25.3 Å². The van der Waals surface area contributed by atoms with Crippen molar-refractivity contribution in [1.82, 2.24) is 10.2 Å². The minimum absolute atomic E-state index is 0.0355. The summed E-state index contributed by atoms with van der Waals surface area (Å²) >= 11 is 5.31. The minimum atomic E-state index is -0.365. The molecular weight excluding hydrogens is 414 g/mol. The normalized spacial score (nSPS) is 13.0. The van der Waals surface area contributed by atoms with Crippen LogP contribution in [0.25, 0.3) is 0 Å². The summed E-state index contributed by atoms with van der Waals surface area (Å²) in [6.07, 6.45) is 2.04. The molecule has 0 aliphatic carbocycles. The molecule has 2 amide bonds. The summed E-state index contributed by atoms with van der Waals surface area (Å²) in [5.41, 5.74) is 1.52. The Bertz CT molecular complexity index is 929. The third kappa shape index (κ3) is 6.50. The smallest absolute Gasteiger partial charge is 0.257 e. The summed E-state index contributed by atoms with van der Waals surface area (Å²) in [6, 6.07) is 14.0. The van der Waals surface area contributed by atoms with E-state index in [2.05, 4.69) is 10.6 Å². The molecule has 8 heteroatoms. The van der Waals surface area contributed by atoms with Crippen molar-refractivity contribution in [1.29, 1.82) is 0 Å². The maximum atomic E-state index is 12.8. The van der Waals surface area contributed by atoms with Crippen LogP contribution in [0.5, 0.6) is 5.75 Å². The van der Waals surface area contributed by atoms with Crippen LogP contribution in [0.3, 0.4) is 0 Å². The van der Waals surface area contributed by atoms with Crippen molar-refractivity contribution in [3.05, 3.63) is 59.7 Å². The molecule has 0 unspecified atom stereocenters. The van der Waals surface area contributed by atoms with Crippen LogP contribution in [0.1, 0.15) is 40.5 Å². The first-order valence-corrected chi connectivity index (χ1v) is 10.8. The van der Waals surface area contributed by atoms with E-state index in [4.69, 9.17) is 21.7 Å². The summed E-state index contributed by atoms with van der Waals surface area (Å²) in [5.74, 6) is 0.176. The first kappa shape index (κ1) is 22.7. The number of carbonyl (C=O) groups is 2. The van der Waals surface area contributed by atoms with E-state index < -0.39 is 0 Å². The van der Waals surface area contributed by atoms with Crippen molar-refractivity contribution in [2.75, 3.05) is 38.2 Å². The van der Waals surface area contributed by atoms with Gasteiger partial charge in [-0.05, 0) is 62.3 Å². The summed E-state index contributed by atoms with van der Waals surface area (Å²) < 4.78 is 10.8. The molecule has 0 bridgehead atoms. The lowest BCUT2D eigenvalue weighted by molar-refractivity contribution is 0.0793. The second-order valence-corrected chi connectivity index (χ2v) is 7.43. The van der Waals surface area contributed by atoms with Gasteiger partial charge in [0.15, 0.2) is 5.11 Å². The van der Waals surface area contributed by atoms with Gasteiger partial charge in [-0.25, -0.2) is 0 Å². The lowest BCUT2D eigenvalue weighted by Gasteiger charge is -2.18. The molecule has 1 saturated heterocycles. The number of nitrogens with zero attached hydrogens (tertiary/aromatic N) is 1. The van der Waals surface area contributed by atoms with Crippen molar-refractivity contribution >= 4 is 34.8 Å². The predicted octanol–water partition coefficient (Wildman–Crippen LogP) is 3.46. The van der Waals surface area contributed by atoms with Crippen LogP contribution in [0.2, 0.25) is 0 Å². The van der Waals surface area contributed by atoms with Gasteiger partial charge in [-0.2, -0.15) is 0 Å². The molecule has 0 saturated carbocycles. The number of thiocarbonyl (C=S) groups is 1. The number of ether oxygens (including phenoxy) is 2. The van der Waals surface area contributed by atoms with Crippen LogP contribution in [-0.2, 0) is 4.74 Å². The van der Waals surface area contributed by atoms with Gasteiger partial charge in [0.2, 0.25) is 0 Å². The van der Waals surface area contributed by atoms with E-state index in [1.54, 1.807) is 36.4 Å². The van der Waals surface area contributed by atoms with E-state index in [9.17, 15) is 9.59 Å². The van der Waals surface area contributed by atoms with Gasteiger partial charge in [-0.3, -0.25) is 14.9 Å². The maximum Gasteiger partial charge on any atom is 0.257 e. The number of likely N-dealkylation sites (tertiary alicyclic amines) is 1. The van der Waals surface area contributed by atoms with Gasteiger partial charge in [0.1, 0.15) is 12.4 Å². The number of rotatable bonds is 8. The standard InChI is InChI=1S/C23H27N3O4S/c1-2-29-14-15-30-18-9-7-8-17(16-18)21(27)25-23(31)24-20-11-4-3-10-19(20)22(28)26-12-5-6-13-26/h3-4,7-11,16H,2,5-6,12-15H2,1H3,(H2,24,25,27,31). The number of anilines is 1. The van der Waals surface area contributed by atoms with Crippen molar-refractivity contribution in [2.45, 2.75) is 19.8 Å². The number of hydrogen-bond acceptors (Lipinski definition) is 5. The van der Waals surface area contributed by atoms with Crippen LogP contribution in [0.15, 0.2) is 48.5 Å². The third-order valence-corrected chi connectivity index (χ3v) is 5.03. The topological polar surface area (TPSA) is 79.9 Å². The van der Waals surface area contributed by atoms with Crippen molar-refractivity contribution in [3.8, 4) is 5.75 Å². The highest BCUT2D eigenvalue weighted by Crippen LogP contribution is 2.20. The number of amides is 2. The van der Waals surface area contributed by atoms with Crippen LogP contribution < -0.4 is 15.4 Å². The molecule has 0 aromatic heterocycles. The molecule has 1 aliphatic heterocycles. The van der Waals surface area contributed by atoms with Crippen molar-refractivity contribution < 1.29 is 19.1 Å². The maximum absolute atomic E-state index is 12.8. The number of nitrogens with one attached hydrogen (secondary N) is 2. The zero-order valence-electron chi connectivity index (χ0n) is 17.6. The first-order chi connectivity index (χ1) is 15.1. The Kier molecular flexibility index (Phi) is 8.37. The molecule has 1 heterocycles. The highest BCUT2D eigenvalue weighted by Gasteiger charge is 2.22. The zero-order chi connectivity index (χ0) is 22.1. The van der Waals surface area contributed by atoms with E-state index in [-0.39, 0.29) is 16.9 Å². The summed E-state index contributed by atoms with van der Waals surface area (Å²) in [7, 11) is 0. The lowest BCUT2D eigenvalue weighted by atomic mass is 10.1. The second-order valence-electron chi connectivity index (χ2n) is 7.03. The Morgan fingerprint density at radius 3 is 2.61 bits per heavy atom. The fourth-order valence-corrected chi connectivity index (χ4v) is 3.49. The Morgan fingerprint density at radius 2 is 1.84 bits per heavy atom. The fourth-order valence-electron chi connectivity index (χ4n) is 3.29. The molecule has 0 radical (unpaired) electrons. The number of carbonyl (C=O) groups excluding carboxylic acids is 2. The number of para-hydroxylation sites is 1. The van der Waals surface area contributed by atoms with Crippen molar-refractivity contribution in [2.24, 2.45) is 0 Å². The highest BCUT2D eigenvalue weighted by molar-refractivity contribution is 7.80. The van der Waals surface area contributed by atoms with Crippen LogP contribution >= 0.6 is 12.2 Å². The minimum Gasteiger partial charge on any atom is -0.491 e. The van der Waals surface area contributed by atoms with E-state index in [1.807, 2.05) is 24.0 Å². The Morgan fingerprint density at radius 1 is 1.06 bits per heavy atom. The SMILES string of the molecule is CCOCCOc1cccc(C(=O)NC(=S)Nc2ccccc2C(=O)N2CCCC2)c1. The molecule has 1 aliphatic rings. The molecule has 7 nitrogen and oxygen atoms in total. The second kappa shape index (κ2) is 11.4. The van der Waals surface area contributed by atoms with Gasteiger partial charge in [0.05, 0.1) is 17.9 Å². The average molecular weight is 442 g/mol. The molecule has 2 aromatic rings. The van der Waals surface area contributed by atoms with E-state index >= 15 is 0 Å². The van der Waals surface area contributed by atoms with Crippen LogP contribution in [-0.4, -0.2) is 54.7 Å². The Balaban J connectivity index is 1.60. The van der Waals surface area contributed by atoms with E-state index in [1.165, 1.54) is 0 Å². The molecule has 1 fully saturated rings. The summed E-state index contributed by atoms with van der Waals surface area (Å²) in [5, 5.41) is 5.76. The molecule has 31 heavy (non-hydrogen) atoms. The monoisotopic (exact) mass is 441 g/mol. The summed E-state index contributed by atoms with van der Waals surface area (Å²) in [4.78, 5) is 27.2. The quantitative estimate of drug-likeness (QED) is 0.482. The third-order valence-electron chi connectivity index (χ3n) is 4.82. The van der Waals surface area contributed by atoms with Gasteiger partial charge in [-0.1, -0.05) is 18.2 Å². The summed E-state index contributed by atoms with van der Waals surface area (Å²) in [6.45, 7) is 4.96. The fraction of sp³-hybridized carbons (Fsp3) is 0.348. The number of benzene rings is 2. The molecule has 0 spiro atoms. The van der Waals surface area contributed by atoms with Crippen LogP contribution in [0, 0.1) is 0 Å².